The normalized spacial score (nSPS) is 40.4. The van der Waals surface area contributed by atoms with E-state index in [0.717, 1.165) is 43.6 Å². The molecule has 34 heavy (non-hydrogen) atoms. The lowest BCUT2D eigenvalue weighted by Crippen LogP contribution is -2.39. The standard InChI is InChI=1S/C29H45F2NO2/c1-19(17-32-14-12-21(18-32)6-11-28(30)31)25-9-10-26-22(5-4-13-29(25,26)3)7-8-23-15-24(33)16-27(34)20(23)2/h7-8,19,21,24-28,33-34H,2,4-6,9-18H2,1,3H3/b22-7+,23-8-/t19?,21-,24-,25-,26+,27+,29-/m1/s1. The molecule has 4 aliphatic rings. The Bertz CT molecular complexity index is 793. The Morgan fingerprint density at radius 3 is 2.76 bits per heavy atom. The summed E-state index contributed by atoms with van der Waals surface area (Å²) < 4.78 is 25.2. The lowest BCUT2D eigenvalue weighted by molar-refractivity contribution is 0.0810. The summed E-state index contributed by atoms with van der Waals surface area (Å²) >= 11 is 0. The smallest absolute Gasteiger partial charge is 0.238 e. The number of halogens is 2. The number of hydrogen-bond donors (Lipinski definition) is 2. The summed E-state index contributed by atoms with van der Waals surface area (Å²) in [6.07, 6.45) is 10.0. The van der Waals surface area contributed by atoms with Crippen LogP contribution < -0.4 is 0 Å². The number of alkyl halides is 2. The van der Waals surface area contributed by atoms with Gasteiger partial charge in [-0.15, -0.1) is 0 Å². The summed E-state index contributed by atoms with van der Waals surface area (Å²) in [4.78, 5) is 2.53. The molecule has 0 radical (unpaired) electrons. The highest BCUT2D eigenvalue weighted by atomic mass is 19.3. The fraction of sp³-hybridized carbons (Fsp3) is 0.793. The van der Waals surface area contributed by atoms with Crippen LogP contribution in [0.25, 0.3) is 0 Å². The van der Waals surface area contributed by atoms with Gasteiger partial charge in [0.05, 0.1) is 12.2 Å². The molecule has 2 N–H and O–H groups in total. The van der Waals surface area contributed by atoms with Crippen molar-refractivity contribution in [2.75, 3.05) is 19.6 Å². The van der Waals surface area contributed by atoms with Crippen LogP contribution in [-0.4, -0.2) is 53.4 Å². The molecule has 0 aromatic heterocycles. The molecule has 1 aliphatic heterocycles. The Hall–Kier alpha value is -1.04. The van der Waals surface area contributed by atoms with Gasteiger partial charge < -0.3 is 15.1 Å². The zero-order valence-electron chi connectivity index (χ0n) is 21.2. The van der Waals surface area contributed by atoms with Crippen LogP contribution in [0.1, 0.15) is 78.1 Å². The SMILES string of the molecule is C=C1/C(=C\C=C2/CCC[C@]3(C)[C@@H](C(C)CN4CC[C@@H](CCC(F)F)C4)CC[C@@H]23)C[C@@H](O)C[C@@H]1O. The Balaban J connectivity index is 1.39. The van der Waals surface area contributed by atoms with Gasteiger partial charge in [-0.3, -0.25) is 0 Å². The van der Waals surface area contributed by atoms with Gasteiger partial charge in [0.15, 0.2) is 0 Å². The van der Waals surface area contributed by atoms with Gasteiger partial charge in [0.25, 0.3) is 0 Å². The summed E-state index contributed by atoms with van der Waals surface area (Å²) in [6.45, 7) is 12.1. The molecule has 7 atom stereocenters. The molecule has 1 heterocycles. The molecule has 3 nitrogen and oxygen atoms in total. The molecule has 4 rings (SSSR count). The highest BCUT2D eigenvalue weighted by Crippen LogP contribution is 2.59. The zero-order valence-corrected chi connectivity index (χ0v) is 21.2. The van der Waals surface area contributed by atoms with Crippen LogP contribution in [0.3, 0.4) is 0 Å². The van der Waals surface area contributed by atoms with Crippen molar-refractivity contribution in [1.82, 2.24) is 4.90 Å². The monoisotopic (exact) mass is 477 g/mol. The lowest BCUT2D eigenvalue weighted by atomic mass is 9.61. The van der Waals surface area contributed by atoms with E-state index in [1.54, 1.807) is 0 Å². The fourth-order valence-electron chi connectivity index (χ4n) is 7.89. The number of fused-ring (bicyclic) bond motifs is 1. The summed E-state index contributed by atoms with van der Waals surface area (Å²) in [5.41, 5.74) is 3.60. The van der Waals surface area contributed by atoms with Crippen LogP contribution in [0, 0.1) is 29.1 Å². The number of allylic oxidation sites excluding steroid dienone is 3. The Morgan fingerprint density at radius 1 is 1.21 bits per heavy atom. The van der Waals surface area contributed by atoms with E-state index in [1.165, 1.54) is 31.3 Å². The van der Waals surface area contributed by atoms with Crippen LogP contribution in [0.5, 0.6) is 0 Å². The second-order valence-corrected chi connectivity index (χ2v) is 12.0. The van der Waals surface area contributed by atoms with E-state index in [9.17, 15) is 19.0 Å². The van der Waals surface area contributed by atoms with Gasteiger partial charge in [-0.2, -0.15) is 0 Å². The minimum atomic E-state index is -2.17. The maximum absolute atomic E-state index is 12.6. The van der Waals surface area contributed by atoms with E-state index in [-0.39, 0.29) is 6.42 Å². The summed E-state index contributed by atoms with van der Waals surface area (Å²) in [5.74, 6) is 2.36. The van der Waals surface area contributed by atoms with Crippen molar-refractivity contribution >= 4 is 0 Å². The van der Waals surface area contributed by atoms with Crippen molar-refractivity contribution in [3.8, 4) is 0 Å². The van der Waals surface area contributed by atoms with E-state index in [4.69, 9.17) is 0 Å². The average Bonchev–Trinajstić information content (AvgIpc) is 3.37. The van der Waals surface area contributed by atoms with Crippen molar-refractivity contribution in [2.24, 2.45) is 29.1 Å². The molecule has 0 aromatic carbocycles. The van der Waals surface area contributed by atoms with Gasteiger partial charge in [-0.1, -0.05) is 38.2 Å². The summed E-state index contributed by atoms with van der Waals surface area (Å²) in [5, 5.41) is 20.3. The molecule has 5 heteroatoms. The predicted octanol–water partition coefficient (Wildman–Crippen LogP) is 6.13. The molecule has 3 aliphatic carbocycles. The summed E-state index contributed by atoms with van der Waals surface area (Å²) in [7, 11) is 0. The lowest BCUT2D eigenvalue weighted by Gasteiger charge is -2.45. The molecule has 0 amide bonds. The maximum atomic E-state index is 12.6. The molecule has 4 fully saturated rings. The molecule has 0 spiro atoms. The molecular weight excluding hydrogens is 432 g/mol. The first kappa shape index (κ1) is 26.0. The van der Waals surface area contributed by atoms with Crippen molar-refractivity contribution in [3.63, 3.8) is 0 Å². The van der Waals surface area contributed by atoms with Crippen LogP contribution in [0.2, 0.25) is 0 Å². The van der Waals surface area contributed by atoms with Gasteiger partial charge in [-0.25, -0.2) is 8.78 Å². The third-order valence-corrected chi connectivity index (χ3v) is 9.70. The highest BCUT2D eigenvalue weighted by molar-refractivity contribution is 5.38. The number of hydrogen-bond acceptors (Lipinski definition) is 3. The number of nitrogens with zero attached hydrogens (tertiary/aromatic N) is 1. The summed E-state index contributed by atoms with van der Waals surface area (Å²) in [6, 6.07) is 0. The van der Waals surface area contributed by atoms with Crippen LogP contribution in [0.15, 0.2) is 35.5 Å². The Labute approximate surface area is 205 Å². The third-order valence-electron chi connectivity index (χ3n) is 9.70. The van der Waals surface area contributed by atoms with Crippen molar-refractivity contribution in [3.05, 3.63) is 35.5 Å². The first-order valence-electron chi connectivity index (χ1n) is 13.6. The minimum Gasteiger partial charge on any atom is -0.393 e. The maximum Gasteiger partial charge on any atom is 0.238 e. The first-order chi connectivity index (χ1) is 16.2. The van der Waals surface area contributed by atoms with E-state index in [2.05, 4.69) is 37.5 Å². The fourth-order valence-corrected chi connectivity index (χ4v) is 7.89. The van der Waals surface area contributed by atoms with Crippen LogP contribution in [-0.2, 0) is 0 Å². The Morgan fingerprint density at radius 2 is 2.00 bits per heavy atom. The van der Waals surface area contributed by atoms with Gasteiger partial charge >= 0.3 is 0 Å². The number of likely N-dealkylation sites (tertiary alicyclic amines) is 1. The molecule has 192 valence electrons. The van der Waals surface area contributed by atoms with Gasteiger partial charge in [0.1, 0.15) is 0 Å². The number of aliphatic hydroxyl groups is 2. The first-order valence-corrected chi connectivity index (χ1v) is 13.6. The van der Waals surface area contributed by atoms with E-state index in [1.807, 2.05) is 0 Å². The predicted molar refractivity (Wildman–Crippen MR) is 134 cm³/mol. The van der Waals surface area contributed by atoms with Crippen LogP contribution >= 0.6 is 0 Å². The number of aliphatic hydroxyl groups excluding tert-OH is 2. The van der Waals surface area contributed by atoms with Crippen molar-refractivity contribution in [1.29, 1.82) is 0 Å². The molecule has 3 saturated carbocycles. The molecule has 0 aromatic rings. The topological polar surface area (TPSA) is 43.7 Å². The minimum absolute atomic E-state index is 0.0486. The second-order valence-electron chi connectivity index (χ2n) is 12.0. The zero-order chi connectivity index (χ0) is 24.5. The third kappa shape index (κ3) is 5.68. The Kier molecular flexibility index (Phi) is 8.36. The van der Waals surface area contributed by atoms with Gasteiger partial charge in [-0.05, 0) is 98.1 Å². The quantitative estimate of drug-likeness (QED) is 0.464. The number of rotatable bonds is 7. The largest absolute Gasteiger partial charge is 0.393 e. The van der Waals surface area contributed by atoms with Crippen molar-refractivity contribution in [2.45, 2.75) is 96.7 Å². The van der Waals surface area contributed by atoms with E-state index >= 15 is 0 Å². The van der Waals surface area contributed by atoms with E-state index < -0.39 is 18.6 Å². The van der Waals surface area contributed by atoms with E-state index in [0.29, 0.717) is 48.3 Å². The van der Waals surface area contributed by atoms with Crippen molar-refractivity contribution < 1.29 is 19.0 Å². The van der Waals surface area contributed by atoms with Crippen LogP contribution in [0.4, 0.5) is 8.78 Å². The average molecular weight is 478 g/mol. The van der Waals surface area contributed by atoms with Gasteiger partial charge in [0.2, 0.25) is 6.43 Å². The molecule has 1 unspecified atom stereocenters. The molecule has 1 saturated heterocycles. The second kappa shape index (κ2) is 10.9. The van der Waals surface area contributed by atoms with Gasteiger partial charge in [0, 0.05) is 25.9 Å². The highest BCUT2D eigenvalue weighted by Gasteiger charge is 2.50. The molecular formula is C29H45F2NO2. The molecule has 0 bridgehead atoms.